The van der Waals surface area contributed by atoms with Gasteiger partial charge >= 0.3 is 6.09 Å². The Morgan fingerprint density at radius 3 is 2.63 bits per heavy atom. The number of hydrogen-bond donors (Lipinski definition) is 4. The highest BCUT2D eigenvalue weighted by molar-refractivity contribution is 5.96. The summed E-state index contributed by atoms with van der Waals surface area (Å²) in [6.45, 7) is 5.72. The Balaban J connectivity index is 1.44. The number of aromatic amines is 1. The Morgan fingerprint density at radius 1 is 1.17 bits per heavy atom. The van der Waals surface area contributed by atoms with Crippen molar-refractivity contribution in [2.24, 2.45) is 5.92 Å². The van der Waals surface area contributed by atoms with Gasteiger partial charge in [-0.25, -0.2) is 9.18 Å². The minimum absolute atomic E-state index is 0.00269. The molecule has 0 spiro atoms. The fourth-order valence-electron chi connectivity index (χ4n) is 5.09. The van der Waals surface area contributed by atoms with Gasteiger partial charge in [-0.2, -0.15) is 0 Å². The lowest BCUT2D eigenvalue weighted by Gasteiger charge is -2.16. The number of anilines is 1. The standard InChI is InChI=1S/C30H36FN5O5/c1-19(2)14-20-15-22(31)16-21-17-23(32-27(20)21)18-36-13-7-9-25(29(36)39)33-28(38)24(34-30(40)41)8-3-4-10-26(37)35-11-5-6-12-35/h4,7,9-10,13,15-17,19,24,32,34H,3,5-6,8,11-12,14,18H2,1-2H3,(H,33,38)(H,40,41)/b10-4+. The van der Waals surface area contributed by atoms with Crippen LogP contribution in [0.3, 0.4) is 0 Å². The number of allylic oxidation sites excluding steroid dienone is 1. The molecule has 3 amide bonds. The van der Waals surface area contributed by atoms with E-state index in [4.69, 9.17) is 0 Å². The number of carboxylic acid groups (broad SMARTS) is 1. The molecule has 1 aliphatic rings. The number of amides is 3. The van der Waals surface area contributed by atoms with Crippen LogP contribution < -0.4 is 16.2 Å². The van der Waals surface area contributed by atoms with E-state index in [0.29, 0.717) is 23.4 Å². The lowest BCUT2D eigenvalue weighted by molar-refractivity contribution is -0.125. The number of carbonyl (C=O) groups is 3. The van der Waals surface area contributed by atoms with E-state index in [2.05, 4.69) is 29.5 Å². The molecule has 10 nitrogen and oxygen atoms in total. The van der Waals surface area contributed by atoms with Gasteiger partial charge in [0.25, 0.3) is 5.56 Å². The van der Waals surface area contributed by atoms with Crippen molar-refractivity contribution < 1.29 is 23.9 Å². The molecule has 1 fully saturated rings. The van der Waals surface area contributed by atoms with E-state index in [-0.39, 0.29) is 36.8 Å². The van der Waals surface area contributed by atoms with E-state index in [0.717, 1.165) is 37.0 Å². The largest absolute Gasteiger partial charge is 0.465 e. The Labute approximate surface area is 237 Å². The van der Waals surface area contributed by atoms with Gasteiger partial charge in [0.15, 0.2) is 0 Å². The quantitative estimate of drug-likeness (QED) is 0.258. The fourth-order valence-corrected chi connectivity index (χ4v) is 5.09. The van der Waals surface area contributed by atoms with Crippen LogP contribution in [0.25, 0.3) is 10.9 Å². The maximum absolute atomic E-state index is 14.2. The van der Waals surface area contributed by atoms with Crippen molar-refractivity contribution in [3.63, 3.8) is 0 Å². The van der Waals surface area contributed by atoms with Crippen molar-refractivity contribution in [2.75, 3.05) is 18.4 Å². The number of pyridine rings is 1. The van der Waals surface area contributed by atoms with E-state index < -0.39 is 23.6 Å². The van der Waals surface area contributed by atoms with E-state index >= 15 is 0 Å². The molecule has 1 atom stereocenters. The summed E-state index contributed by atoms with van der Waals surface area (Å²) >= 11 is 0. The van der Waals surface area contributed by atoms with Gasteiger partial charge in [0, 0.05) is 35.9 Å². The molecule has 3 aromatic rings. The molecule has 3 heterocycles. The molecule has 1 aliphatic heterocycles. The predicted octanol–water partition coefficient (Wildman–Crippen LogP) is 4.25. The minimum atomic E-state index is -1.38. The van der Waals surface area contributed by atoms with Crippen LogP contribution in [0.1, 0.15) is 50.8 Å². The predicted molar refractivity (Wildman–Crippen MR) is 154 cm³/mol. The molecule has 0 saturated carbocycles. The Kier molecular flexibility index (Phi) is 9.59. The zero-order valence-electron chi connectivity index (χ0n) is 23.3. The molecule has 11 heteroatoms. The van der Waals surface area contributed by atoms with Crippen molar-refractivity contribution in [3.8, 4) is 0 Å². The normalized spacial score (nSPS) is 14.2. The third kappa shape index (κ3) is 7.84. The summed E-state index contributed by atoms with van der Waals surface area (Å²) in [4.78, 5) is 54.7. The lowest BCUT2D eigenvalue weighted by atomic mass is 10.0. The number of carbonyl (C=O) groups excluding carboxylic acids is 2. The summed E-state index contributed by atoms with van der Waals surface area (Å²) in [5, 5.41) is 14.7. The molecule has 0 radical (unpaired) electrons. The second kappa shape index (κ2) is 13.3. The Bertz CT molecular complexity index is 1500. The number of rotatable bonds is 11. The molecule has 4 rings (SSSR count). The van der Waals surface area contributed by atoms with Crippen molar-refractivity contribution in [3.05, 3.63) is 76.1 Å². The third-order valence-corrected chi connectivity index (χ3v) is 6.99. The first-order chi connectivity index (χ1) is 19.6. The van der Waals surface area contributed by atoms with Gasteiger partial charge in [0.2, 0.25) is 11.8 Å². The van der Waals surface area contributed by atoms with Gasteiger partial charge in [0.05, 0.1) is 6.54 Å². The molecule has 4 N–H and O–H groups in total. The summed E-state index contributed by atoms with van der Waals surface area (Å²) in [6, 6.07) is 6.70. The van der Waals surface area contributed by atoms with Crippen LogP contribution in [0.2, 0.25) is 0 Å². The number of fused-ring (bicyclic) bond motifs is 1. The topological polar surface area (TPSA) is 137 Å². The maximum Gasteiger partial charge on any atom is 0.405 e. The van der Waals surface area contributed by atoms with Gasteiger partial charge in [0.1, 0.15) is 17.5 Å². The van der Waals surface area contributed by atoms with Crippen LogP contribution in [-0.2, 0) is 22.6 Å². The summed E-state index contributed by atoms with van der Waals surface area (Å²) in [7, 11) is 0. The first kappa shape index (κ1) is 29.6. The third-order valence-electron chi connectivity index (χ3n) is 6.99. The van der Waals surface area contributed by atoms with Crippen molar-refractivity contribution in [1.29, 1.82) is 0 Å². The van der Waals surface area contributed by atoms with E-state index in [9.17, 15) is 28.7 Å². The molecule has 1 unspecified atom stereocenters. The summed E-state index contributed by atoms with van der Waals surface area (Å²) in [5.74, 6) is -0.766. The van der Waals surface area contributed by atoms with Gasteiger partial charge in [-0.05, 0) is 80.0 Å². The van der Waals surface area contributed by atoms with Crippen molar-refractivity contribution in [1.82, 2.24) is 19.8 Å². The van der Waals surface area contributed by atoms with Crippen LogP contribution in [0.15, 0.2) is 53.5 Å². The highest BCUT2D eigenvalue weighted by Crippen LogP contribution is 2.24. The Hall–Kier alpha value is -4.41. The van der Waals surface area contributed by atoms with Crippen molar-refractivity contribution >= 4 is 34.5 Å². The zero-order chi connectivity index (χ0) is 29.5. The smallest absolute Gasteiger partial charge is 0.405 e. The van der Waals surface area contributed by atoms with Gasteiger partial charge in [-0.1, -0.05) is 19.9 Å². The van der Waals surface area contributed by atoms with Crippen LogP contribution in [0.5, 0.6) is 0 Å². The Morgan fingerprint density at radius 2 is 1.93 bits per heavy atom. The second-order valence-corrected chi connectivity index (χ2v) is 10.8. The molecule has 218 valence electrons. The average molecular weight is 566 g/mol. The SMILES string of the molecule is CC(C)Cc1cc(F)cc2cc(Cn3cccc(NC(=O)C(CC/C=C/C(=O)N4CCCC4)NC(=O)O)c3=O)[nH]c12. The number of benzene rings is 1. The molecular weight excluding hydrogens is 529 g/mol. The molecular formula is C30H36FN5O5. The van der Waals surface area contributed by atoms with Crippen LogP contribution in [-0.4, -0.2) is 56.6 Å². The number of nitrogens with zero attached hydrogens (tertiary/aromatic N) is 2. The van der Waals surface area contributed by atoms with Crippen LogP contribution >= 0.6 is 0 Å². The van der Waals surface area contributed by atoms with Crippen LogP contribution in [0.4, 0.5) is 14.9 Å². The number of likely N-dealkylation sites (tertiary alicyclic amines) is 1. The van der Waals surface area contributed by atoms with E-state index in [1.54, 1.807) is 29.3 Å². The number of aromatic nitrogens is 2. The van der Waals surface area contributed by atoms with Crippen molar-refractivity contribution in [2.45, 2.75) is 58.5 Å². The second-order valence-electron chi connectivity index (χ2n) is 10.8. The van der Waals surface area contributed by atoms with Gasteiger partial charge in [-0.3, -0.25) is 14.4 Å². The van der Waals surface area contributed by atoms with Gasteiger partial charge in [-0.15, -0.1) is 0 Å². The maximum atomic E-state index is 14.2. The average Bonchev–Trinajstić information content (AvgIpc) is 3.58. The molecule has 2 aromatic heterocycles. The highest BCUT2D eigenvalue weighted by atomic mass is 19.1. The summed E-state index contributed by atoms with van der Waals surface area (Å²) in [5.41, 5.74) is 1.91. The number of nitrogens with one attached hydrogen (secondary N) is 3. The molecule has 0 bridgehead atoms. The van der Waals surface area contributed by atoms with E-state index in [1.807, 2.05) is 0 Å². The fraction of sp³-hybridized carbons (Fsp3) is 0.400. The summed E-state index contributed by atoms with van der Waals surface area (Å²) in [6.07, 6.45) is 6.32. The first-order valence-corrected chi connectivity index (χ1v) is 13.9. The first-order valence-electron chi connectivity index (χ1n) is 13.9. The molecule has 41 heavy (non-hydrogen) atoms. The number of H-pyrrole nitrogens is 1. The molecule has 1 aromatic carbocycles. The van der Waals surface area contributed by atoms with E-state index in [1.165, 1.54) is 28.8 Å². The molecule has 1 saturated heterocycles. The van der Waals surface area contributed by atoms with Gasteiger partial charge < -0.3 is 30.2 Å². The lowest BCUT2D eigenvalue weighted by Crippen LogP contribution is -2.44. The molecule has 0 aliphatic carbocycles. The monoisotopic (exact) mass is 565 g/mol. The minimum Gasteiger partial charge on any atom is -0.465 e. The summed E-state index contributed by atoms with van der Waals surface area (Å²) < 4.78 is 15.6. The zero-order valence-corrected chi connectivity index (χ0v) is 23.3. The van der Waals surface area contributed by atoms with Crippen LogP contribution in [0, 0.1) is 11.7 Å². The number of halogens is 1. The highest BCUT2D eigenvalue weighted by Gasteiger charge is 2.22. The number of hydrogen-bond acceptors (Lipinski definition) is 4.